The predicted molar refractivity (Wildman–Crippen MR) is 92.4 cm³/mol. The number of aromatic nitrogens is 2. The van der Waals surface area contributed by atoms with Gasteiger partial charge >= 0.3 is 5.97 Å². The van der Waals surface area contributed by atoms with Crippen molar-refractivity contribution in [2.45, 2.75) is 25.3 Å². The van der Waals surface area contributed by atoms with Crippen LogP contribution in [0.1, 0.15) is 30.3 Å². The largest absolute Gasteiger partial charge is 0.468 e. The van der Waals surface area contributed by atoms with Crippen molar-refractivity contribution in [3.8, 4) is 0 Å². The second-order valence-corrected chi connectivity index (χ2v) is 6.61. The number of carbonyl (C=O) groups excluding carboxylic acids is 1. The Bertz CT molecular complexity index is 731. The summed E-state index contributed by atoms with van der Waals surface area (Å²) < 4.78 is 21.3. The highest BCUT2D eigenvalue weighted by Gasteiger charge is 2.34. The SMILES string of the molecule is COC(=O)[C@@H](c1ccccc1F)N1CCC[C@H](Cc2nccn2C)C1. The van der Waals surface area contributed by atoms with Crippen LogP contribution in [-0.4, -0.2) is 40.6 Å². The number of rotatable bonds is 5. The lowest BCUT2D eigenvalue weighted by Gasteiger charge is -2.37. The van der Waals surface area contributed by atoms with Gasteiger partial charge in [-0.1, -0.05) is 18.2 Å². The second-order valence-electron chi connectivity index (χ2n) is 6.61. The van der Waals surface area contributed by atoms with E-state index in [4.69, 9.17) is 4.74 Å². The second kappa shape index (κ2) is 7.78. The van der Waals surface area contributed by atoms with Gasteiger partial charge in [-0.05, 0) is 31.4 Å². The van der Waals surface area contributed by atoms with Crippen LogP contribution in [0.2, 0.25) is 0 Å². The van der Waals surface area contributed by atoms with Gasteiger partial charge in [0.05, 0.1) is 7.11 Å². The molecule has 134 valence electrons. The van der Waals surface area contributed by atoms with Crippen LogP contribution >= 0.6 is 0 Å². The Hall–Kier alpha value is -2.21. The normalized spacial score (nSPS) is 19.6. The topological polar surface area (TPSA) is 47.4 Å². The maximum absolute atomic E-state index is 14.3. The minimum Gasteiger partial charge on any atom is -0.468 e. The molecule has 1 fully saturated rings. The fraction of sp³-hybridized carbons (Fsp3) is 0.474. The summed E-state index contributed by atoms with van der Waals surface area (Å²) in [6, 6.07) is 5.74. The van der Waals surface area contributed by atoms with E-state index < -0.39 is 12.0 Å². The third-order valence-electron chi connectivity index (χ3n) is 4.93. The standard InChI is InChI=1S/C19H24FN3O2/c1-22-11-9-21-17(22)12-14-6-5-10-23(13-14)18(19(24)25-2)15-7-3-4-8-16(15)20/h3-4,7-9,11,14,18H,5-6,10,12-13H2,1-2H3/t14-,18-/m1/s1. The lowest BCUT2D eigenvalue weighted by Crippen LogP contribution is -2.42. The molecule has 2 aromatic rings. The summed E-state index contributed by atoms with van der Waals surface area (Å²) in [6.45, 7) is 1.48. The molecule has 0 saturated carbocycles. The van der Waals surface area contributed by atoms with Gasteiger partial charge in [0.25, 0.3) is 0 Å². The van der Waals surface area contributed by atoms with Crippen LogP contribution in [0.3, 0.4) is 0 Å². The fourth-order valence-electron chi connectivity index (χ4n) is 3.63. The minimum absolute atomic E-state index is 0.371. The van der Waals surface area contributed by atoms with Crippen molar-refractivity contribution >= 4 is 5.97 Å². The Balaban J connectivity index is 1.80. The number of halogens is 1. The summed E-state index contributed by atoms with van der Waals surface area (Å²) >= 11 is 0. The molecular weight excluding hydrogens is 321 g/mol. The lowest BCUT2D eigenvalue weighted by molar-refractivity contribution is -0.148. The van der Waals surface area contributed by atoms with E-state index in [1.54, 1.807) is 24.4 Å². The van der Waals surface area contributed by atoms with Gasteiger partial charge in [-0.15, -0.1) is 0 Å². The number of imidazole rings is 1. The van der Waals surface area contributed by atoms with E-state index in [9.17, 15) is 9.18 Å². The van der Waals surface area contributed by atoms with E-state index in [0.29, 0.717) is 11.5 Å². The van der Waals surface area contributed by atoms with E-state index in [2.05, 4.69) is 4.98 Å². The molecule has 0 aliphatic carbocycles. The molecule has 1 aliphatic rings. The van der Waals surface area contributed by atoms with Crippen molar-refractivity contribution < 1.29 is 13.9 Å². The van der Waals surface area contributed by atoms with Crippen molar-refractivity contribution in [1.82, 2.24) is 14.5 Å². The summed E-state index contributed by atoms with van der Waals surface area (Å²) in [4.78, 5) is 18.8. The molecule has 5 nitrogen and oxygen atoms in total. The van der Waals surface area contributed by atoms with Crippen molar-refractivity contribution in [2.24, 2.45) is 13.0 Å². The molecule has 1 saturated heterocycles. The molecule has 0 spiro atoms. The van der Waals surface area contributed by atoms with E-state index >= 15 is 0 Å². The van der Waals surface area contributed by atoms with Gasteiger partial charge < -0.3 is 9.30 Å². The molecule has 0 bridgehead atoms. The highest BCUT2D eigenvalue weighted by molar-refractivity contribution is 5.77. The molecule has 1 aromatic heterocycles. The summed E-state index contributed by atoms with van der Waals surface area (Å²) in [5, 5.41) is 0. The first-order valence-electron chi connectivity index (χ1n) is 8.62. The van der Waals surface area contributed by atoms with E-state index in [-0.39, 0.29) is 5.82 Å². The van der Waals surface area contributed by atoms with Crippen molar-refractivity contribution in [3.05, 3.63) is 53.9 Å². The maximum atomic E-state index is 14.3. The summed E-state index contributed by atoms with van der Waals surface area (Å²) in [5.74, 6) is 0.632. The molecule has 3 rings (SSSR count). The molecule has 0 unspecified atom stereocenters. The molecule has 2 atom stereocenters. The van der Waals surface area contributed by atoms with Gasteiger partial charge in [0.2, 0.25) is 0 Å². The number of hydrogen-bond acceptors (Lipinski definition) is 4. The quantitative estimate of drug-likeness (QED) is 0.782. The molecule has 6 heteroatoms. The third-order valence-corrected chi connectivity index (χ3v) is 4.93. The monoisotopic (exact) mass is 345 g/mol. The first-order valence-corrected chi connectivity index (χ1v) is 8.62. The van der Waals surface area contributed by atoms with E-state index in [1.807, 2.05) is 22.7 Å². The first-order chi connectivity index (χ1) is 12.1. The predicted octanol–water partition coefficient (Wildman–Crippen LogP) is 2.73. The van der Waals surface area contributed by atoms with Gasteiger partial charge in [0, 0.05) is 38.0 Å². The number of carbonyl (C=O) groups is 1. The van der Waals surface area contributed by atoms with Crippen LogP contribution in [0.4, 0.5) is 4.39 Å². The van der Waals surface area contributed by atoms with E-state index in [0.717, 1.165) is 38.2 Å². The van der Waals surface area contributed by atoms with Gasteiger partial charge in [0.15, 0.2) is 0 Å². The van der Waals surface area contributed by atoms with Crippen LogP contribution in [0, 0.1) is 11.7 Å². The molecule has 2 heterocycles. The third kappa shape index (κ3) is 3.90. The maximum Gasteiger partial charge on any atom is 0.327 e. The number of benzene rings is 1. The Morgan fingerprint density at radius 2 is 2.24 bits per heavy atom. The molecule has 1 aromatic carbocycles. The lowest BCUT2D eigenvalue weighted by atomic mass is 9.92. The number of nitrogens with zero attached hydrogens (tertiary/aromatic N) is 3. The van der Waals surface area contributed by atoms with Gasteiger partial charge in [-0.25, -0.2) is 14.2 Å². The summed E-state index contributed by atoms with van der Waals surface area (Å²) in [7, 11) is 3.34. The summed E-state index contributed by atoms with van der Waals surface area (Å²) in [5.41, 5.74) is 0.381. The highest BCUT2D eigenvalue weighted by atomic mass is 19.1. The van der Waals surface area contributed by atoms with Crippen LogP contribution in [-0.2, 0) is 23.0 Å². The fourth-order valence-corrected chi connectivity index (χ4v) is 3.63. The number of esters is 1. The summed E-state index contributed by atoms with van der Waals surface area (Å²) in [6.07, 6.45) is 6.63. The Morgan fingerprint density at radius 1 is 1.44 bits per heavy atom. The van der Waals surface area contributed by atoms with Crippen molar-refractivity contribution in [1.29, 1.82) is 0 Å². The number of hydrogen-bond donors (Lipinski definition) is 0. The Kier molecular flexibility index (Phi) is 5.48. The average Bonchev–Trinajstić information content (AvgIpc) is 3.02. The molecule has 0 radical (unpaired) electrons. The average molecular weight is 345 g/mol. The molecule has 0 N–H and O–H groups in total. The number of ether oxygens (including phenoxy) is 1. The number of piperidine rings is 1. The molecular formula is C19H24FN3O2. The van der Waals surface area contributed by atoms with Crippen molar-refractivity contribution in [2.75, 3.05) is 20.2 Å². The van der Waals surface area contributed by atoms with Gasteiger partial charge in [0.1, 0.15) is 17.7 Å². The van der Waals surface area contributed by atoms with Crippen LogP contribution in [0.15, 0.2) is 36.7 Å². The van der Waals surface area contributed by atoms with Crippen LogP contribution in [0.5, 0.6) is 0 Å². The van der Waals surface area contributed by atoms with Crippen molar-refractivity contribution in [3.63, 3.8) is 0 Å². The Morgan fingerprint density at radius 3 is 2.92 bits per heavy atom. The zero-order chi connectivity index (χ0) is 17.8. The first kappa shape index (κ1) is 17.6. The molecule has 1 aliphatic heterocycles. The van der Waals surface area contributed by atoms with Gasteiger partial charge in [-0.2, -0.15) is 0 Å². The zero-order valence-electron chi connectivity index (χ0n) is 14.7. The van der Waals surface area contributed by atoms with Gasteiger partial charge in [-0.3, -0.25) is 4.90 Å². The minimum atomic E-state index is -0.699. The van der Waals surface area contributed by atoms with Crippen LogP contribution < -0.4 is 0 Å². The number of methoxy groups -OCH3 is 1. The molecule has 0 amide bonds. The van der Waals surface area contributed by atoms with Crippen LogP contribution in [0.25, 0.3) is 0 Å². The smallest absolute Gasteiger partial charge is 0.327 e. The Labute approximate surface area is 147 Å². The van der Waals surface area contributed by atoms with E-state index in [1.165, 1.54) is 13.2 Å². The highest BCUT2D eigenvalue weighted by Crippen LogP contribution is 2.30. The molecule has 25 heavy (non-hydrogen) atoms. The zero-order valence-corrected chi connectivity index (χ0v) is 14.7. The number of likely N-dealkylation sites (tertiary alicyclic amines) is 1. The number of aryl methyl sites for hydroxylation is 1.